The van der Waals surface area contributed by atoms with E-state index in [1.165, 1.54) is 0 Å². The second-order valence-corrected chi connectivity index (χ2v) is 10.7. The Morgan fingerprint density at radius 3 is 2.24 bits per heavy atom. The minimum atomic E-state index is -3.92. The van der Waals surface area contributed by atoms with E-state index in [1.54, 1.807) is 0 Å². The summed E-state index contributed by atoms with van der Waals surface area (Å²) in [4.78, 5) is 24.8. The molecule has 0 aromatic rings. The van der Waals surface area contributed by atoms with Gasteiger partial charge in [0.2, 0.25) is 11.8 Å². The molecule has 2 atom stereocenters. The van der Waals surface area contributed by atoms with Crippen LogP contribution in [0.3, 0.4) is 0 Å². The maximum Gasteiger partial charge on any atom is 0.265 e. The summed E-state index contributed by atoms with van der Waals surface area (Å²) in [6, 6.07) is 0. The smallest absolute Gasteiger partial charge is 0.265 e. The SMILES string of the molecule is CCC(C)(CC(C)C(=O)NCCS)C(=O)NCCC[N+](C)(C)CCCS(=O)(=O)O. The van der Waals surface area contributed by atoms with Crippen LogP contribution in [0.25, 0.3) is 0 Å². The number of amides is 2. The number of hydrogen-bond acceptors (Lipinski definition) is 5. The van der Waals surface area contributed by atoms with Crippen LogP contribution in [0.4, 0.5) is 0 Å². The topological polar surface area (TPSA) is 113 Å². The van der Waals surface area contributed by atoms with Crippen LogP contribution in [-0.4, -0.2) is 81.0 Å². The highest BCUT2D eigenvalue weighted by Gasteiger charge is 2.34. The maximum absolute atomic E-state index is 12.7. The fourth-order valence-corrected chi connectivity index (χ4v) is 3.83. The number of carbonyl (C=O) groups excluding carboxylic acids is 2. The predicted molar refractivity (Wildman–Crippen MR) is 120 cm³/mol. The van der Waals surface area contributed by atoms with Crippen LogP contribution in [-0.2, 0) is 19.7 Å². The van der Waals surface area contributed by atoms with Crippen molar-refractivity contribution in [1.29, 1.82) is 0 Å². The van der Waals surface area contributed by atoms with Crippen LogP contribution >= 0.6 is 12.6 Å². The van der Waals surface area contributed by atoms with Gasteiger partial charge < -0.3 is 15.1 Å². The molecule has 0 fully saturated rings. The first-order valence-electron chi connectivity index (χ1n) is 10.2. The van der Waals surface area contributed by atoms with Gasteiger partial charge in [0.05, 0.1) is 32.9 Å². The molecule has 2 unspecified atom stereocenters. The van der Waals surface area contributed by atoms with Gasteiger partial charge in [0.15, 0.2) is 0 Å². The Balaban J connectivity index is 4.45. The van der Waals surface area contributed by atoms with E-state index < -0.39 is 15.5 Å². The molecular formula is C19H40N3O5S2+. The van der Waals surface area contributed by atoms with E-state index in [4.69, 9.17) is 4.55 Å². The van der Waals surface area contributed by atoms with Gasteiger partial charge in [-0.15, -0.1) is 0 Å². The Morgan fingerprint density at radius 2 is 1.72 bits per heavy atom. The van der Waals surface area contributed by atoms with Crippen molar-refractivity contribution >= 4 is 34.6 Å². The first-order valence-corrected chi connectivity index (χ1v) is 12.4. The van der Waals surface area contributed by atoms with Gasteiger partial charge >= 0.3 is 0 Å². The highest BCUT2D eigenvalue weighted by Crippen LogP contribution is 2.30. The molecule has 0 aliphatic carbocycles. The minimum absolute atomic E-state index is 0.0504. The zero-order chi connectivity index (χ0) is 22.7. The summed E-state index contributed by atoms with van der Waals surface area (Å²) < 4.78 is 31.1. The van der Waals surface area contributed by atoms with Crippen molar-refractivity contribution in [1.82, 2.24) is 10.6 Å². The van der Waals surface area contributed by atoms with Crippen molar-refractivity contribution in [2.45, 2.75) is 46.5 Å². The zero-order valence-corrected chi connectivity index (χ0v) is 20.2. The highest BCUT2D eigenvalue weighted by molar-refractivity contribution is 7.85. The Labute approximate surface area is 181 Å². The van der Waals surface area contributed by atoms with E-state index in [9.17, 15) is 18.0 Å². The maximum atomic E-state index is 12.7. The Bertz CT molecular complexity index is 625. The molecule has 0 saturated heterocycles. The van der Waals surface area contributed by atoms with Crippen molar-refractivity contribution in [3.8, 4) is 0 Å². The number of nitrogens with one attached hydrogen (secondary N) is 2. The Kier molecular flexibility index (Phi) is 12.4. The number of rotatable bonds is 15. The molecule has 0 radical (unpaired) electrons. The summed E-state index contributed by atoms with van der Waals surface area (Å²) in [5.74, 6) is -0.0284. The van der Waals surface area contributed by atoms with Crippen LogP contribution in [0, 0.1) is 11.3 Å². The van der Waals surface area contributed by atoms with Crippen LogP contribution in [0.5, 0.6) is 0 Å². The molecule has 0 bridgehead atoms. The lowest BCUT2D eigenvalue weighted by Gasteiger charge is -2.31. The van der Waals surface area contributed by atoms with E-state index in [-0.39, 0.29) is 23.5 Å². The van der Waals surface area contributed by atoms with Gasteiger partial charge in [-0.25, -0.2) is 0 Å². The first kappa shape index (κ1) is 28.2. The predicted octanol–water partition coefficient (Wildman–Crippen LogP) is 1.34. The molecule has 0 aromatic carbocycles. The van der Waals surface area contributed by atoms with Gasteiger partial charge in [0.1, 0.15) is 0 Å². The van der Waals surface area contributed by atoms with E-state index in [1.807, 2.05) is 34.9 Å². The molecule has 10 heteroatoms. The molecule has 172 valence electrons. The average Bonchev–Trinajstić information content (AvgIpc) is 2.61. The molecule has 29 heavy (non-hydrogen) atoms. The van der Waals surface area contributed by atoms with E-state index in [0.717, 1.165) is 13.0 Å². The minimum Gasteiger partial charge on any atom is -0.355 e. The summed E-state index contributed by atoms with van der Waals surface area (Å²) in [5, 5.41) is 5.80. The third-order valence-corrected chi connectivity index (χ3v) is 6.36. The molecule has 0 aliphatic heterocycles. The van der Waals surface area contributed by atoms with Gasteiger partial charge in [-0.05, 0) is 12.8 Å². The van der Waals surface area contributed by atoms with Gasteiger partial charge in [0, 0.05) is 43.0 Å². The Hall–Kier alpha value is -0.840. The van der Waals surface area contributed by atoms with Crippen molar-refractivity contribution in [2.24, 2.45) is 11.3 Å². The molecule has 0 aliphatic rings. The second-order valence-electron chi connectivity index (χ2n) is 8.67. The standard InChI is InChI=1S/C19H39N3O5S2/c1-6-19(3,15-16(2)17(23)20-10-13-28)18(24)21-9-7-11-22(4,5)12-8-14-29(25,26)27/h16H,6-15H2,1-5H3,(H3-,20,21,23,24,25,26,27,28)/p+1. The van der Waals surface area contributed by atoms with Crippen molar-refractivity contribution in [3.05, 3.63) is 0 Å². The molecule has 0 heterocycles. The first-order chi connectivity index (χ1) is 13.3. The van der Waals surface area contributed by atoms with Crippen LogP contribution in [0.1, 0.15) is 46.5 Å². The molecule has 0 saturated carbocycles. The summed E-state index contributed by atoms with van der Waals surface area (Å²) >= 11 is 4.08. The third kappa shape index (κ3) is 12.5. The number of nitrogens with zero attached hydrogens (tertiary/aromatic N) is 1. The van der Waals surface area contributed by atoms with Gasteiger partial charge in [0.25, 0.3) is 10.1 Å². The van der Waals surface area contributed by atoms with Gasteiger partial charge in [-0.1, -0.05) is 20.8 Å². The fraction of sp³-hybridized carbons (Fsp3) is 0.895. The van der Waals surface area contributed by atoms with Crippen molar-refractivity contribution in [3.63, 3.8) is 0 Å². The largest absolute Gasteiger partial charge is 0.355 e. The molecule has 3 N–H and O–H groups in total. The van der Waals surface area contributed by atoms with Crippen molar-refractivity contribution in [2.75, 3.05) is 51.8 Å². The number of thiol groups is 1. The second kappa shape index (κ2) is 12.8. The van der Waals surface area contributed by atoms with E-state index >= 15 is 0 Å². The average molecular weight is 455 g/mol. The zero-order valence-electron chi connectivity index (χ0n) is 18.5. The fourth-order valence-electron chi connectivity index (χ4n) is 3.23. The summed E-state index contributed by atoms with van der Waals surface area (Å²) in [7, 11) is 0.0632. The normalized spacial score (nSPS) is 15.4. The lowest BCUT2D eigenvalue weighted by atomic mass is 9.78. The molecule has 8 nitrogen and oxygen atoms in total. The third-order valence-electron chi connectivity index (χ3n) is 5.34. The molecule has 0 spiro atoms. The lowest BCUT2D eigenvalue weighted by molar-refractivity contribution is -0.890. The van der Waals surface area contributed by atoms with Crippen LogP contribution in [0.15, 0.2) is 0 Å². The number of hydrogen-bond donors (Lipinski definition) is 4. The number of quaternary nitrogens is 1. The Morgan fingerprint density at radius 1 is 1.14 bits per heavy atom. The monoisotopic (exact) mass is 454 g/mol. The summed E-state index contributed by atoms with van der Waals surface area (Å²) in [6.45, 7) is 8.11. The van der Waals surface area contributed by atoms with E-state index in [2.05, 4.69) is 23.3 Å². The highest BCUT2D eigenvalue weighted by atomic mass is 32.2. The quantitative estimate of drug-likeness (QED) is 0.129. The molecular weight excluding hydrogens is 414 g/mol. The molecule has 0 rings (SSSR count). The van der Waals surface area contributed by atoms with Gasteiger partial charge in [-0.2, -0.15) is 21.0 Å². The van der Waals surface area contributed by atoms with Crippen LogP contribution < -0.4 is 10.6 Å². The van der Waals surface area contributed by atoms with Gasteiger partial charge in [-0.3, -0.25) is 14.1 Å². The van der Waals surface area contributed by atoms with Crippen LogP contribution in [0.2, 0.25) is 0 Å². The summed E-state index contributed by atoms with van der Waals surface area (Å²) in [6.07, 6.45) is 2.26. The van der Waals surface area contributed by atoms with Crippen molar-refractivity contribution < 1.29 is 27.0 Å². The lowest BCUT2D eigenvalue weighted by Crippen LogP contribution is -2.45. The molecule has 0 aromatic heterocycles. The summed E-state index contributed by atoms with van der Waals surface area (Å²) in [5.41, 5.74) is -0.614. The number of carbonyl (C=O) groups is 2. The molecule has 2 amide bonds. The van der Waals surface area contributed by atoms with E-state index in [0.29, 0.717) is 49.1 Å².